The summed E-state index contributed by atoms with van der Waals surface area (Å²) in [6.45, 7) is 8.17. The molecule has 0 aromatic carbocycles. The summed E-state index contributed by atoms with van der Waals surface area (Å²) in [6.07, 6.45) is 4.02. The summed E-state index contributed by atoms with van der Waals surface area (Å²) in [5, 5.41) is 12.3. The predicted octanol–water partition coefficient (Wildman–Crippen LogP) is 2.82. The Morgan fingerprint density at radius 1 is 1.16 bits per heavy atom. The fourth-order valence-electron chi connectivity index (χ4n) is 2.86. The van der Waals surface area contributed by atoms with Gasteiger partial charge in [-0.3, -0.25) is 9.59 Å². The molecule has 1 aliphatic carbocycles. The Hall–Kier alpha value is -1.06. The highest BCUT2D eigenvalue weighted by Crippen LogP contribution is 2.38. The molecule has 1 aliphatic rings. The molecule has 0 heterocycles. The van der Waals surface area contributed by atoms with E-state index in [9.17, 15) is 14.7 Å². The molecular weight excluding hydrogens is 242 g/mol. The van der Waals surface area contributed by atoms with Gasteiger partial charge in [-0.15, -0.1) is 0 Å². The third-order valence-corrected chi connectivity index (χ3v) is 4.88. The zero-order chi connectivity index (χ0) is 14.6. The van der Waals surface area contributed by atoms with Crippen molar-refractivity contribution < 1.29 is 14.7 Å². The lowest BCUT2D eigenvalue weighted by Crippen LogP contribution is -2.48. The largest absolute Gasteiger partial charge is 0.481 e. The maximum atomic E-state index is 12.4. The fraction of sp³-hybridized carbons (Fsp3) is 0.867. The van der Waals surface area contributed by atoms with E-state index in [-0.39, 0.29) is 17.4 Å². The Balaban J connectivity index is 2.77. The molecule has 1 saturated carbocycles. The lowest BCUT2D eigenvalue weighted by Gasteiger charge is -2.30. The van der Waals surface area contributed by atoms with Crippen LogP contribution in [0, 0.1) is 17.8 Å². The van der Waals surface area contributed by atoms with E-state index in [0.717, 1.165) is 19.3 Å². The first-order chi connectivity index (χ1) is 8.86. The SMILES string of the molecule is CCC1C[C@H](C(=O)NC(C)(CC)CC)[C@H](C(=O)O)C1. The number of aliphatic carboxylic acids is 1. The zero-order valence-corrected chi connectivity index (χ0v) is 12.5. The summed E-state index contributed by atoms with van der Waals surface area (Å²) in [7, 11) is 0. The Morgan fingerprint density at radius 3 is 2.11 bits per heavy atom. The van der Waals surface area contributed by atoms with E-state index in [1.54, 1.807) is 0 Å². The number of amides is 1. The minimum Gasteiger partial charge on any atom is -0.481 e. The van der Waals surface area contributed by atoms with Gasteiger partial charge in [0.05, 0.1) is 11.8 Å². The van der Waals surface area contributed by atoms with Crippen molar-refractivity contribution in [3.8, 4) is 0 Å². The molecule has 0 bridgehead atoms. The quantitative estimate of drug-likeness (QED) is 0.779. The summed E-state index contributed by atoms with van der Waals surface area (Å²) in [5.74, 6) is -1.41. The molecule has 1 fully saturated rings. The average Bonchev–Trinajstić information content (AvgIpc) is 2.83. The van der Waals surface area contributed by atoms with Gasteiger partial charge in [-0.1, -0.05) is 27.2 Å². The maximum absolute atomic E-state index is 12.4. The van der Waals surface area contributed by atoms with E-state index < -0.39 is 11.9 Å². The highest BCUT2D eigenvalue weighted by Gasteiger charge is 2.43. The zero-order valence-electron chi connectivity index (χ0n) is 12.5. The number of carbonyl (C=O) groups is 2. The van der Waals surface area contributed by atoms with Crippen LogP contribution in [0.1, 0.15) is 59.8 Å². The first kappa shape index (κ1) is 16.0. The number of carboxylic acid groups (broad SMARTS) is 1. The Morgan fingerprint density at radius 2 is 1.68 bits per heavy atom. The third kappa shape index (κ3) is 3.71. The van der Waals surface area contributed by atoms with Crippen molar-refractivity contribution in [1.29, 1.82) is 0 Å². The molecule has 1 amide bonds. The molecule has 0 aromatic rings. The molecule has 2 N–H and O–H groups in total. The standard InChI is InChI=1S/C15H27NO3/c1-5-10-8-11(12(9-10)14(18)19)13(17)16-15(4,6-2)7-3/h10-12H,5-9H2,1-4H3,(H,16,17)(H,18,19)/t10?,11-,12+/m0/s1. The van der Waals surface area contributed by atoms with Crippen LogP contribution in [-0.4, -0.2) is 22.5 Å². The smallest absolute Gasteiger partial charge is 0.307 e. The molecule has 1 unspecified atom stereocenters. The first-order valence-corrected chi connectivity index (χ1v) is 7.41. The second-order valence-electron chi connectivity index (χ2n) is 6.05. The Bertz CT molecular complexity index is 336. The molecule has 0 spiro atoms. The molecule has 4 heteroatoms. The normalized spacial score (nSPS) is 27.3. The third-order valence-electron chi connectivity index (χ3n) is 4.88. The van der Waals surface area contributed by atoms with Gasteiger partial charge in [0.25, 0.3) is 0 Å². The number of hydrogen-bond acceptors (Lipinski definition) is 2. The summed E-state index contributed by atoms with van der Waals surface area (Å²) in [6, 6.07) is 0. The molecule has 0 aromatic heterocycles. The van der Waals surface area contributed by atoms with Crippen molar-refractivity contribution >= 4 is 11.9 Å². The van der Waals surface area contributed by atoms with Gasteiger partial charge in [-0.2, -0.15) is 0 Å². The van der Waals surface area contributed by atoms with Gasteiger partial charge in [0, 0.05) is 5.54 Å². The predicted molar refractivity (Wildman–Crippen MR) is 74.8 cm³/mol. The molecule has 1 rings (SSSR count). The van der Waals surface area contributed by atoms with Crippen molar-refractivity contribution in [1.82, 2.24) is 5.32 Å². The van der Waals surface area contributed by atoms with Crippen LogP contribution >= 0.6 is 0 Å². The second kappa shape index (κ2) is 6.40. The summed E-state index contributed by atoms with van der Waals surface area (Å²) in [4.78, 5) is 23.7. The molecule has 0 aliphatic heterocycles. The highest BCUT2D eigenvalue weighted by atomic mass is 16.4. The summed E-state index contributed by atoms with van der Waals surface area (Å²) >= 11 is 0. The van der Waals surface area contributed by atoms with Crippen LogP contribution in [0.5, 0.6) is 0 Å². The van der Waals surface area contributed by atoms with E-state index in [2.05, 4.69) is 12.2 Å². The molecule has 0 saturated heterocycles. The average molecular weight is 269 g/mol. The first-order valence-electron chi connectivity index (χ1n) is 7.41. The van der Waals surface area contributed by atoms with Gasteiger partial charge in [0.15, 0.2) is 0 Å². The van der Waals surface area contributed by atoms with Gasteiger partial charge in [0.1, 0.15) is 0 Å². The molecule has 3 atom stereocenters. The topological polar surface area (TPSA) is 66.4 Å². The Kier molecular flexibility index (Phi) is 5.39. The summed E-state index contributed by atoms with van der Waals surface area (Å²) < 4.78 is 0. The lowest BCUT2D eigenvalue weighted by atomic mass is 9.91. The van der Waals surface area contributed by atoms with Gasteiger partial charge >= 0.3 is 5.97 Å². The van der Waals surface area contributed by atoms with E-state index in [1.807, 2.05) is 20.8 Å². The van der Waals surface area contributed by atoms with Crippen LogP contribution in [0.25, 0.3) is 0 Å². The van der Waals surface area contributed by atoms with Gasteiger partial charge in [0.2, 0.25) is 5.91 Å². The van der Waals surface area contributed by atoms with E-state index >= 15 is 0 Å². The van der Waals surface area contributed by atoms with E-state index in [1.165, 1.54) is 0 Å². The number of carbonyl (C=O) groups excluding carboxylic acids is 1. The fourth-order valence-corrected chi connectivity index (χ4v) is 2.86. The van der Waals surface area contributed by atoms with Crippen LogP contribution in [0.2, 0.25) is 0 Å². The highest BCUT2D eigenvalue weighted by molar-refractivity contribution is 5.85. The van der Waals surface area contributed by atoms with E-state index in [0.29, 0.717) is 18.8 Å². The van der Waals surface area contributed by atoms with Gasteiger partial charge in [-0.05, 0) is 38.5 Å². The number of nitrogens with one attached hydrogen (secondary N) is 1. The van der Waals surface area contributed by atoms with Crippen molar-refractivity contribution in [3.63, 3.8) is 0 Å². The van der Waals surface area contributed by atoms with Crippen LogP contribution < -0.4 is 5.32 Å². The van der Waals surface area contributed by atoms with Crippen LogP contribution in [0.4, 0.5) is 0 Å². The van der Waals surface area contributed by atoms with E-state index in [4.69, 9.17) is 0 Å². The molecule has 0 radical (unpaired) electrons. The maximum Gasteiger partial charge on any atom is 0.307 e. The van der Waals surface area contributed by atoms with Crippen LogP contribution in [-0.2, 0) is 9.59 Å². The molecular formula is C15H27NO3. The van der Waals surface area contributed by atoms with Gasteiger partial charge in [-0.25, -0.2) is 0 Å². The van der Waals surface area contributed by atoms with Gasteiger partial charge < -0.3 is 10.4 Å². The van der Waals surface area contributed by atoms with Crippen molar-refractivity contribution in [2.45, 2.75) is 65.3 Å². The summed E-state index contributed by atoms with van der Waals surface area (Å²) in [5.41, 5.74) is -0.218. The monoisotopic (exact) mass is 269 g/mol. The molecule has 4 nitrogen and oxygen atoms in total. The van der Waals surface area contributed by atoms with Crippen molar-refractivity contribution in [3.05, 3.63) is 0 Å². The minimum absolute atomic E-state index is 0.0745. The number of carboxylic acids is 1. The number of rotatable bonds is 6. The minimum atomic E-state index is -0.828. The molecule has 110 valence electrons. The van der Waals surface area contributed by atoms with Crippen molar-refractivity contribution in [2.24, 2.45) is 17.8 Å². The Labute approximate surface area is 116 Å². The van der Waals surface area contributed by atoms with Crippen LogP contribution in [0.3, 0.4) is 0 Å². The van der Waals surface area contributed by atoms with Crippen LogP contribution in [0.15, 0.2) is 0 Å². The number of hydrogen-bond donors (Lipinski definition) is 2. The second-order valence-corrected chi connectivity index (χ2v) is 6.05. The molecule has 19 heavy (non-hydrogen) atoms. The lowest BCUT2D eigenvalue weighted by molar-refractivity contribution is -0.146. The van der Waals surface area contributed by atoms with Crippen molar-refractivity contribution in [2.75, 3.05) is 0 Å².